The van der Waals surface area contributed by atoms with Gasteiger partial charge in [-0.3, -0.25) is 4.79 Å². The number of carboxylic acid groups (broad SMARTS) is 1. The highest BCUT2D eigenvalue weighted by molar-refractivity contribution is 7.09. The molecule has 0 radical (unpaired) electrons. The third kappa shape index (κ3) is 3.65. The van der Waals surface area contributed by atoms with E-state index in [1.807, 2.05) is 0 Å². The van der Waals surface area contributed by atoms with Crippen molar-refractivity contribution in [1.29, 1.82) is 0 Å². The molecule has 1 aromatic heterocycles. The maximum Gasteiger partial charge on any atom is 0.434 e. The van der Waals surface area contributed by atoms with Crippen molar-refractivity contribution in [1.82, 2.24) is 4.98 Å². The molecule has 0 fully saturated rings. The van der Waals surface area contributed by atoms with Crippen molar-refractivity contribution in [2.24, 2.45) is 0 Å². The molecule has 0 aliphatic heterocycles. The highest BCUT2D eigenvalue weighted by Gasteiger charge is 2.35. The van der Waals surface area contributed by atoms with Gasteiger partial charge in [-0.1, -0.05) is 0 Å². The number of aliphatic hydroxyl groups is 2. The van der Waals surface area contributed by atoms with Crippen molar-refractivity contribution in [2.75, 3.05) is 0 Å². The molecular weight excluding hydrogens is 263 g/mol. The van der Waals surface area contributed by atoms with Gasteiger partial charge >= 0.3 is 12.1 Å². The number of aromatic nitrogens is 1. The Hall–Kier alpha value is -1.19. The smallest absolute Gasteiger partial charge is 0.434 e. The second kappa shape index (κ2) is 4.98. The fraction of sp³-hybridized carbons (Fsp3) is 0.500. The second-order valence-electron chi connectivity index (χ2n) is 3.18. The number of nitrogens with zero attached hydrogens (tertiary/aromatic N) is 1. The summed E-state index contributed by atoms with van der Waals surface area (Å²) in [6.07, 6.45) is -8.85. The van der Waals surface area contributed by atoms with Crippen molar-refractivity contribution in [3.05, 3.63) is 16.1 Å². The molecule has 9 heteroatoms. The van der Waals surface area contributed by atoms with Gasteiger partial charge in [0.25, 0.3) is 0 Å². The zero-order valence-corrected chi connectivity index (χ0v) is 8.99. The number of carbonyl (C=O) groups is 1. The van der Waals surface area contributed by atoms with E-state index < -0.39 is 36.5 Å². The normalized spacial score (nSPS) is 15.6. The van der Waals surface area contributed by atoms with Gasteiger partial charge < -0.3 is 15.3 Å². The Morgan fingerprint density at radius 2 is 2.06 bits per heavy atom. The van der Waals surface area contributed by atoms with Gasteiger partial charge in [-0.15, -0.1) is 11.3 Å². The largest absolute Gasteiger partial charge is 0.481 e. The minimum Gasteiger partial charge on any atom is -0.481 e. The molecule has 0 aromatic carbocycles. The molecule has 0 saturated carbocycles. The van der Waals surface area contributed by atoms with Gasteiger partial charge in [0.15, 0.2) is 5.69 Å². The number of hydrogen-bond donors (Lipinski definition) is 3. The molecular formula is C8H8F3NO4S. The molecule has 1 rings (SSSR count). The SMILES string of the molecule is O=C(O)CC(O)C(O)c1nc(C(F)(F)F)cs1. The van der Waals surface area contributed by atoms with Crippen LogP contribution in [0.5, 0.6) is 0 Å². The first-order valence-electron chi connectivity index (χ1n) is 4.32. The number of aliphatic hydroxyl groups excluding tert-OH is 2. The highest BCUT2D eigenvalue weighted by Crippen LogP contribution is 2.32. The van der Waals surface area contributed by atoms with E-state index in [0.29, 0.717) is 16.7 Å². The summed E-state index contributed by atoms with van der Waals surface area (Å²) in [5.74, 6) is -1.37. The van der Waals surface area contributed by atoms with Crippen LogP contribution in [0.3, 0.4) is 0 Å². The van der Waals surface area contributed by atoms with Crippen LogP contribution < -0.4 is 0 Å². The Morgan fingerprint density at radius 3 is 2.47 bits per heavy atom. The first-order valence-corrected chi connectivity index (χ1v) is 5.20. The van der Waals surface area contributed by atoms with Crippen LogP contribution in [0, 0.1) is 0 Å². The zero-order valence-electron chi connectivity index (χ0n) is 8.18. The minimum atomic E-state index is -4.63. The standard InChI is InChI=1S/C8H8F3NO4S/c9-8(10,11)4-2-17-7(12-4)6(16)3(13)1-5(14)15/h2-3,6,13,16H,1H2,(H,14,15). The van der Waals surface area contributed by atoms with Gasteiger partial charge in [-0.25, -0.2) is 4.98 Å². The van der Waals surface area contributed by atoms with E-state index in [2.05, 4.69) is 4.98 Å². The Labute approximate surface area is 97.2 Å². The lowest BCUT2D eigenvalue weighted by molar-refractivity contribution is -0.143. The maximum atomic E-state index is 12.2. The summed E-state index contributed by atoms with van der Waals surface area (Å²) in [6, 6.07) is 0. The number of aliphatic carboxylic acids is 1. The zero-order chi connectivity index (χ0) is 13.2. The Balaban J connectivity index is 2.79. The van der Waals surface area contributed by atoms with Crippen molar-refractivity contribution in [3.63, 3.8) is 0 Å². The fourth-order valence-corrected chi connectivity index (χ4v) is 1.88. The quantitative estimate of drug-likeness (QED) is 0.761. The lowest BCUT2D eigenvalue weighted by Crippen LogP contribution is -2.21. The topological polar surface area (TPSA) is 90.7 Å². The molecule has 0 amide bonds. The van der Waals surface area contributed by atoms with Crippen LogP contribution in [-0.4, -0.2) is 32.4 Å². The van der Waals surface area contributed by atoms with E-state index in [1.165, 1.54) is 0 Å². The molecule has 2 unspecified atom stereocenters. The molecule has 0 aliphatic rings. The summed E-state index contributed by atoms with van der Waals surface area (Å²) in [5.41, 5.74) is -1.18. The number of halogens is 3. The minimum absolute atomic E-state index is 0.369. The summed E-state index contributed by atoms with van der Waals surface area (Å²) in [4.78, 5) is 13.3. The molecule has 0 spiro atoms. The third-order valence-corrected chi connectivity index (χ3v) is 2.73. The van der Waals surface area contributed by atoms with E-state index in [4.69, 9.17) is 5.11 Å². The van der Waals surface area contributed by atoms with Crippen LogP contribution in [0.15, 0.2) is 5.38 Å². The number of thiazole rings is 1. The lowest BCUT2D eigenvalue weighted by atomic mass is 10.1. The van der Waals surface area contributed by atoms with E-state index in [1.54, 1.807) is 0 Å². The van der Waals surface area contributed by atoms with Gasteiger partial charge in [0, 0.05) is 5.38 Å². The van der Waals surface area contributed by atoms with E-state index in [-0.39, 0.29) is 5.01 Å². The van der Waals surface area contributed by atoms with Crippen LogP contribution in [0.2, 0.25) is 0 Å². The highest BCUT2D eigenvalue weighted by atomic mass is 32.1. The van der Waals surface area contributed by atoms with Crippen LogP contribution >= 0.6 is 11.3 Å². The number of alkyl halides is 3. The van der Waals surface area contributed by atoms with Crippen molar-refractivity contribution in [2.45, 2.75) is 24.8 Å². The van der Waals surface area contributed by atoms with Crippen molar-refractivity contribution in [3.8, 4) is 0 Å². The van der Waals surface area contributed by atoms with Crippen LogP contribution in [-0.2, 0) is 11.0 Å². The molecule has 0 aliphatic carbocycles. The fourth-order valence-electron chi connectivity index (χ4n) is 1.01. The van der Waals surface area contributed by atoms with Crippen molar-refractivity contribution < 1.29 is 33.3 Å². The predicted octanol–water partition coefficient (Wildman–Crippen LogP) is 1.03. The lowest BCUT2D eigenvalue weighted by Gasteiger charge is -2.13. The monoisotopic (exact) mass is 271 g/mol. The second-order valence-corrected chi connectivity index (χ2v) is 4.07. The average Bonchev–Trinajstić information content (AvgIpc) is 2.63. The van der Waals surface area contributed by atoms with E-state index in [0.717, 1.165) is 0 Å². The summed E-state index contributed by atoms with van der Waals surface area (Å²) < 4.78 is 36.5. The molecule has 1 aromatic rings. The van der Waals surface area contributed by atoms with E-state index in [9.17, 15) is 28.2 Å². The third-order valence-electron chi connectivity index (χ3n) is 1.81. The Morgan fingerprint density at radius 1 is 1.47 bits per heavy atom. The van der Waals surface area contributed by atoms with E-state index >= 15 is 0 Å². The number of carboxylic acids is 1. The molecule has 2 atom stereocenters. The molecule has 0 saturated heterocycles. The molecule has 0 bridgehead atoms. The van der Waals surface area contributed by atoms with Gasteiger partial charge in [0.2, 0.25) is 0 Å². The molecule has 5 nitrogen and oxygen atoms in total. The summed E-state index contributed by atoms with van der Waals surface area (Å²) >= 11 is 0.506. The molecule has 3 N–H and O–H groups in total. The summed E-state index contributed by atoms with van der Waals surface area (Å²) in [7, 11) is 0. The summed E-state index contributed by atoms with van der Waals surface area (Å²) in [6.45, 7) is 0. The summed E-state index contributed by atoms with van der Waals surface area (Å²) in [5, 5.41) is 27.3. The van der Waals surface area contributed by atoms with Crippen LogP contribution in [0.25, 0.3) is 0 Å². The first kappa shape index (κ1) is 13.9. The maximum absolute atomic E-state index is 12.2. The first-order chi connectivity index (χ1) is 7.71. The van der Waals surface area contributed by atoms with Crippen LogP contribution in [0.1, 0.15) is 23.2 Å². The Kier molecular flexibility index (Phi) is 4.07. The molecule has 17 heavy (non-hydrogen) atoms. The molecule has 96 valence electrons. The van der Waals surface area contributed by atoms with Gasteiger partial charge in [0.05, 0.1) is 12.5 Å². The average molecular weight is 271 g/mol. The molecule has 1 heterocycles. The van der Waals surface area contributed by atoms with Gasteiger partial charge in [0.1, 0.15) is 11.1 Å². The Bertz CT molecular complexity index is 406. The number of rotatable bonds is 4. The van der Waals surface area contributed by atoms with Gasteiger partial charge in [-0.05, 0) is 0 Å². The van der Waals surface area contributed by atoms with Crippen LogP contribution in [0.4, 0.5) is 13.2 Å². The van der Waals surface area contributed by atoms with Gasteiger partial charge in [-0.2, -0.15) is 13.2 Å². The van der Waals surface area contributed by atoms with Crippen molar-refractivity contribution >= 4 is 17.3 Å². The predicted molar refractivity (Wildman–Crippen MR) is 50.3 cm³/mol. The number of hydrogen-bond acceptors (Lipinski definition) is 5.